The molecule has 1 fully saturated rings. The fraction of sp³-hybridized carbons (Fsp3) is 0.500. The molecule has 116 valence electrons. The number of hydrogen-bond donors (Lipinski definition) is 1. The molecule has 0 unspecified atom stereocenters. The van der Waals surface area contributed by atoms with Crippen molar-refractivity contribution in [2.75, 3.05) is 5.32 Å². The number of nitrogens with one attached hydrogen (secondary N) is 1. The van der Waals surface area contributed by atoms with Gasteiger partial charge in [-0.2, -0.15) is 0 Å². The Labute approximate surface area is 139 Å². The highest BCUT2D eigenvalue weighted by Gasteiger charge is 2.21. The van der Waals surface area contributed by atoms with E-state index < -0.39 is 0 Å². The molecular formula is C16H21BBrN3O. The second-order valence-electron chi connectivity index (χ2n) is 6.00. The zero-order valence-electron chi connectivity index (χ0n) is 12.7. The van der Waals surface area contributed by atoms with E-state index in [0.29, 0.717) is 12.2 Å². The molecule has 0 atom stereocenters. The van der Waals surface area contributed by atoms with E-state index in [1.54, 1.807) is 0 Å². The predicted octanol–water partition coefficient (Wildman–Crippen LogP) is 3.84. The summed E-state index contributed by atoms with van der Waals surface area (Å²) in [5, 5.41) is 3.05. The topological polar surface area (TPSA) is 46.9 Å². The summed E-state index contributed by atoms with van der Waals surface area (Å²) >= 11 is 3.49. The Kier molecular flexibility index (Phi) is 5.18. The Bertz CT molecular complexity index is 650. The van der Waals surface area contributed by atoms with Crippen LogP contribution in [0.5, 0.6) is 0 Å². The quantitative estimate of drug-likeness (QED) is 0.844. The molecule has 0 spiro atoms. The molecule has 1 aliphatic rings. The van der Waals surface area contributed by atoms with Gasteiger partial charge in [0.15, 0.2) is 5.95 Å². The monoisotopic (exact) mass is 361 g/mol. The number of anilines is 1. The van der Waals surface area contributed by atoms with E-state index in [2.05, 4.69) is 26.1 Å². The van der Waals surface area contributed by atoms with Crippen LogP contribution in [0.15, 0.2) is 24.3 Å². The number of hydrogen-bond acceptors (Lipinski definition) is 2. The van der Waals surface area contributed by atoms with Crippen LogP contribution >= 0.6 is 15.8 Å². The van der Waals surface area contributed by atoms with E-state index in [4.69, 9.17) is 0 Å². The van der Waals surface area contributed by atoms with E-state index in [-0.39, 0.29) is 11.8 Å². The van der Waals surface area contributed by atoms with Crippen LogP contribution < -0.4 is 5.32 Å². The third-order valence-corrected chi connectivity index (χ3v) is 4.99. The molecule has 0 aliphatic heterocycles. The molecule has 3 rings (SSSR count). The molecule has 1 aromatic carbocycles. The highest BCUT2D eigenvalue weighted by molar-refractivity contribution is 9.23. The number of fused-ring (bicyclic) bond motifs is 1. The molecule has 1 aliphatic carbocycles. The highest BCUT2D eigenvalue weighted by atomic mass is 79.9. The number of para-hydroxylation sites is 2. The third-order valence-electron chi connectivity index (χ3n) is 4.49. The van der Waals surface area contributed by atoms with Gasteiger partial charge in [-0.3, -0.25) is 10.1 Å². The average molecular weight is 362 g/mol. The largest absolute Gasteiger partial charge is 0.347 e. The molecule has 1 aromatic heterocycles. The SMILES string of the molecule is O=C(Nc1nc2ccccc2n1BBr)C1CCCCCCC1. The van der Waals surface area contributed by atoms with Crippen LogP contribution in [0.3, 0.4) is 0 Å². The second kappa shape index (κ2) is 7.31. The minimum atomic E-state index is 0.124. The van der Waals surface area contributed by atoms with Gasteiger partial charge >= 0.3 is 6.24 Å². The van der Waals surface area contributed by atoms with Crippen molar-refractivity contribution in [3.63, 3.8) is 0 Å². The molecule has 22 heavy (non-hydrogen) atoms. The lowest BCUT2D eigenvalue weighted by molar-refractivity contribution is -0.120. The molecule has 1 saturated carbocycles. The maximum Gasteiger partial charge on any atom is 0.322 e. The summed E-state index contributed by atoms with van der Waals surface area (Å²) in [5.41, 5.74) is 1.95. The number of carbonyl (C=O) groups is 1. The number of amides is 1. The summed E-state index contributed by atoms with van der Waals surface area (Å²) in [5.74, 6) is 0.897. The summed E-state index contributed by atoms with van der Waals surface area (Å²) in [6, 6.07) is 7.95. The molecule has 6 heteroatoms. The summed E-state index contributed by atoms with van der Waals surface area (Å²) in [6.45, 7) is 0. The van der Waals surface area contributed by atoms with Crippen LogP contribution in [-0.2, 0) is 4.79 Å². The van der Waals surface area contributed by atoms with Crippen LogP contribution in [0.1, 0.15) is 44.9 Å². The van der Waals surface area contributed by atoms with E-state index in [1.807, 2.05) is 28.7 Å². The van der Waals surface area contributed by atoms with Crippen LogP contribution in [0.4, 0.5) is 5.95 Å². The van der Waals surface area contributed by atoms with Gasteiger partial charge in [0.05, 0.1) is 11.0 Å². The molecule has 2 aromatic rings. The number of imidazole rings is 1. The lowest BCUT2D eigenvalue weighted by Gasteiger charge is -2.19. The van der Waals surface area contributed by atoms with Crippen LogP contribution in [0.25, 0.3) is 11.0 Å². The van der Waals surface area contributed by atoms with E-state index in [0.717, 1.165) is 36.7 Å². The number of rotatable bonds is 3. The summed E-state index contributed by atoms with van der Waals surface area (Å²) in [4.78, 5) is 17.2. The summed E-state index contributed by atoms with van der Waals surface area (Å²) in [6.07, 6.45) is 8.76. The van der Waals surface area contributed by atoms with Gasteiger partial charge in [0.1, 0.15) is 0 Å². The number of halogens is 1. The van der Waals surface area contributed by atoms with Gasteiger partial charge in [-0.25, -0.2) is 4.98 Å². The van der Waals surface area contributed by atoms with Gasteiger partial charge in [-0.15, -0.1) is 15.8 Å². The Balaban J connectivity index is 1.78. The highest BCUT2D eigenvalue weighted by Crippen LogP contribution is 2.25. The maximum absolute atomic E-state index is 12.6. The third kappa shape index (κ3) is 3.37. The standard InChI is InChI=1S/C16H21BBrN3O/c18-17-21-14-11-7-6-10-13(14)19-16(21)20-15(22)12-8-4-2-1-3-5-9-12/h6-7,10-12,17H,1-5,8-9H2,(H,19,20,22). The molecule has 1 N–H and O–H groups in total. The van der Waals surface area contributed by atoms with E-state index >= 15 is 0 Å². The number of nitrogens with zero attached hydrogens (tertiary/aromatic N) is 2. The van der Waals surface area contributed by atoms with Crippen molar-refractivity contribution in [1.82, 2.24) is 9.46 Å². The molecule has 1 amide bonds. The van der Waals surface area contributed by atoms with Gasteiger partial charge in [0.2, 0.25) is 5.91 Å². The first kappa shape index (κ1) is 15.6. The van der Waals surface area contributed by atoms with Crippen LogP contribution in [0, 0.1) is 5.92 Å². The maximum atomic E-state index is 12.6. The van der Waals surface area contributed by atoms with Crippen molar-refractivity contribution in [3.8, 4) is 0 Å². The Morgan fingerprint density at radius 1 is 1.18 bits per heavy atom. The zero-order chi connectivity index (χ0) is 15.4. The first-order chi connectivity index (χ1) is 10.8. The molecule has 0 radical (unpaired) electrons. The number of aromatic nitrogens is 2. The summed E-state index contributed by atoms with van der Waals surface area (Å²) < 4.78 is 2.00. The Hall–Kier alpha value is -1.30. The second-order valence-corrected chi connectivity index (χ2v) is 6.50. The van der Waals surface area contributed by atoms with E-state index in [1.165, 1.54) is 19.3 Å². The number of carbonyl (C=O) groups excluding carboxylic acids is 1. The first-order valence-electron chi connectivity index (χ1n) is 8.11. The van der Waals surface area contributed by atoms with Gasteiger partial charge in [0.25, 0.3) is 0 Å². The van der Waals surface area contributed by atoms with Crippen molar-refractivity contribution in [2.24, 2.45) is 5.92 Å². The fourth-order valence-electron chi connectivity index (χ4n) is 3.22. The Morgan fingerprint density at radius 3 is 2.59 bits per heavy atom. The molecule has 1 heterocycles. The summed E-state index contributed by atoms with van der Waals surface area (Å²) in [7, 11) is 0. The smallest absolute Gasteiger partial charge is 0.322 e. The normalized spacial score (nSPS) is 17.0. The van der Waals surface area contributed by atoms with E-state index in [9.17, 15) is 4.79 Å². The van der Waals surface area contributed by atoms with Crippen molar-refractivity contribution < 1.29 is 4.79 Å². The predicted molar refractivity (Wildman–Crippen MR) is 95.6 cm³/mol. The molecular weight excluding hydrogens is 341 g/mol. The number of benzene rings is 1. The average Bonchev–Trinajstić information content (AvgIpc) is 2.83. The molecule has 0 saturated heterocycles. The van der Waals surface area contributed by atoms with Crippen molar-refractivity contribution in [2.45, 2.75) is 44.9 Å². The minimum absolute atomic E-state index is 0.124. The lowest BCUT2D eigenvalue weighted by Crippen LogP contribution is -2.25. The van der Waals surface area contributed by atoms with Crippen LogP contribution in [-0.4, -0.2) is 21.6 Å². The molecule has 4 nitrogen and oxygen atoms in total. The van der Waals surface area contributed by atoms with Gasteiger partial charge < -0.3 is 4.48 Å². The van der Waals surface area contributed by atoms with Crippen molar-refractivity contribution >= 4 is 44.9 Å². The van der Waals surface area contributed by atoms with Crippen molar-refractivity contribution in [3.05, 3.63) is 24.3 Å². The van der Waals surface area contributed by atoms with Crippen molar-refractivity contribution in [1.29, 1.82) is 0 Å². The van der Waals surface area contributed by atoms with Gasteiger partial charge in [-0.05, 0) is 25.0 Å². The van der Waals surface area contributed by atoms with Gasteiger partial charge in [0, 0.05) is 5.92 Å². The Morgan fingerprint density at radius 2 is 1.86 bits per heavy atom. The fourth-order valence-corrected chi connectivity index (χ4v) is 3.73. The van der Waals surface area contributed by atoms with Gasteiger partial charge in [-0.1, -0.05) is 44.2 Å². The zero-order valence-corrected chi connectivity index (χ0v) is 14.3. The molecule has 0 bridgehead atoms. The first-order valence-corrected chi connectivity index (χ1v) is 9.24. The minimum Gasteiger partial charge on any atom is -0.347 e. The van der Waals surface area contributed by atoms with Crippen LogP contribution in [0.2, 0.25) is 0 Å². The lowest BCUT2D eigenvalue weighted by atomic mass is 9.90.